The van der Waals surface area contributed by atoms with Gasteiger partial charge >= 0.3 is 0 Å². The van der Waals surface area contributed by atoms with Crippen molar-refractivity contribution in [2.45, 2.75) is 25.5 Å². The summed E-state index contributed by atoms with van der Waals surface area (Å²) < 4.78 is 26.6. The highest BCUT2D eigenvalue weighted by Gasteiger charge is 2.10. The van der Waals surface area contributed by atoms with Gasteiger partial charge in [0.05, 0.1) is 0 Å². The standard InChI is InChI=1S/C8H14N4O2S/c1-5(2)6-3-7(9)12-8(11-6)4-15(10,13)14/h3,5H,4H2,1-2H3,(H2,9,11,12)(H2,10,13,14). The minimum absolute atomic E-state index is 0.140. The molecular weight excluding hydrogens is 216 g/mol. The van der Waals surface area contributed by atoms with Crippen molar-refractivity contribution in [1.82, 2.24) is 9.97 Å². The molecule has 1 unspecified atom stereocenters. The molecule has 0 saturated carbocycles. The molecule has 0 saturated heterocycles. The molecule has 0 aliphatic carbocycles. The van der Waals surface area contributed by atoms with Crippen LogP contribution < -0.4 is 5.73 Å². The van der Waals surface area contributed by atoms with Crippen molar-refractivity contribution in [3.63, 3.8) is 0 Å². The van der Waals surface area contributed by atoms with Gasteiger partial charge < -0.3 is 10.3 Å². The normalized spacial score (nSPS) is 15.2. The molecule has 0 spiro atoms. The Kier molecular flexibility index (Phi) is 3.25. The van der Waals surface area contributed by atoms with Gasteiger partial charge in [0.2, 0.25) is 0 Å². The van der Waals surface area contributed by atoms with Gasteiger partial charge in [-0.1, -0.05) is 13.8 Å². The van der Waals surface area contributed by atoms with Crippen LogP contribution in [0.5, 0.6) is 0 Å². The highest BCUT2D eigenvalue weighted by atomic mass is 32.2. The fourth-order valence-corrected chi connectivity index (χ4v) is 1.55. The van der Waals surface area contributed by atoms with E-state index in [1.165, 1.54) is 0 Å². The summed E-state index contributed by atoms with van der Waals surface area (Å²) in [4.78, 5) is 7.88. The monoisotopic (exact) mass is 230 g/mol. The zero-order chi connectivity index (χ0) is 11.6. The van der Waals surface area contributed by atoms with Gasteiger partial charge in [-0.2, -0.15) is 0 Å². The number of nitrogens with one attached hydrogen (secondary N) is 1. The first-order valence-corrected chi connectivity index (χ1v) is 6.08. The van der Waals surface area contributed by atoms with E-state index in [0.717, 1.165) is 0 Å². The Balaban J connectivity index is 3.10. The number of anilines is 1. The van der Waals surface area contributed by atoms with E-state index in [9.17, 15) is 4.21 Å². The van der Waals surface area contributed by atoms with Gasteiger partial charge in [-0.25, -0.2) is 19.0 Å². The van der Waals surface area contributed by atoms with Crippen molar-refractivity contribution in [1.29, 1.82) is 4.78 Å². The molecule has 4 N–H and O–H groups in total. The van der Waals surface area contributed by atoms with Crippen molar-refractivity contribution in [3.8, 4) is 0 Å². The van der Waals surface area contributed by atoms with Gasteiger partial charge in [0.15, 0.2) is 10.0 Å². The fourth-order valence-electron chi connectivity index (χ4n) is 1.07. The van der Waals surface area contributed by atoms with E-state index in [-0.39, 0.29) is 17.6 Å². The predicted molar refractivity (Wildman–Crippen MR) is 57.7 cm³/mol. The zero-order valence-corrected chi connectivity index (χ0v) is 9.41. The molecule has 7 heteroatoms. The number of nitrogens with zero attached hydrogens (tertiary/aromatic N) is 2. The molecule has 6 nitrogen and oxygen atoms in total. The topological polar surface area (TPSA) is 113 Å². The minimum Gasteiger partial charge on any atom is -0.384 e. The van der Waals surface area contributed by atoms with Crippen LogP contribution >= 0.6 is 0 Å². The zero-order valence-electron chi connectivity index (χ0n) is 8.60. The molecule has 1 rings (SSSR count). The average Bonchev–Trinajstić information content (AvgIpc) is 1.99. The summed E-state index contributed by atoms with van der Waals surface area (Å²) in [5.74, 6) is 0.167. The van der Waals surface area contributed by atoms with Crippen LogP contribution in [-0.2, 0) is 15.8 Å². The van der Waals surface area contributed by atoms with Crippen molar-refractivity contribution in [3.05, 3.63) is 17.6 Å². The van der Waals surface area contributed by atoms with Gasteiger partial charge in [0, 0.05) is 11.8 Å². The predicted octanol–water partition coefficient (Wildman–Crippen LogP) is 1.20. The van der Waals surface area contributed by atoms with Crippen LogP contribution in [-0.4, -0.2) is 18.7 Å². The van der Waals surface area contributed by atoms with Crippen molar-refractivity contribution < 1.29 is 8.76 Å². The van der Waals surface area contributed by atoms with Crippen LogP contribution in [0.2, 0.25) is 0 Å². The van der Waals surface area contributed by atoms with Crippen LogP contribution in [0.25, 0.3) is 0 Å². The molecule has 1 heterocycles. The van der Waals surface area contributed by atoms with Gasteiger partial charge in [-0.15, -0.1) is 0 Å². The lowest BCUT2D eigenvalue weighted by Gasteiger charge is -2.07. The Morgan fingerprint density at radius 2 is 2.20 bits per heavy atom. The van der Waals surface area contributed by atoms with E-state index in [1.54, 1.807) is 6.07 Å². The molecular formula is C8H14N4O2S. The number of aromatic nitrogens is 2. The molecule has 1 atom stereocenters. The third-order valence-corrected chi connectivity index (χ3v) is 2.38. The number of rotatable bonds is 3. The molecule has 1 aromatic rings. The second kappa shape index (κ2) is 4.11. The van der Waals surface area contributed by atoms with E-state index in [2.05, 4.69) is 9.97 Å². The van der Waals surface area contributed by atoms with Gasteiger partial charge in [0.1, 0.15) is 17.4 Å². The number of nitrogens with two attached hydrogens (primary N) is 1. The molecule has 0 fully saturated rings. The van der Waals surface area contributed by atoms with E-state index in [0.29, 0.717) is 5.69 Å². The summed E-state index contributed by atoms with van der Waals surface area (Å²) in [6.07, 6.45) is 0. The van der Waals surface area contributed by atoms with Crippen LogP contribution in [0.3, 0.4) is 0 Å². The SMILES string of the molecule is CC(C)c1cc(N)nc(CS(=N)(=O)O)n1. The highest BCUT2D eigenvalue weighted by molar-refractivity contribution is 7.86. The third kappa shape index (κ3) is 3.80. The molecule has 0 aliphatic rings. The van der Waals surface area contributed by atoms with E-state index in [4.69, 9.17) is 15.1 Å². The van der Waals surface area contributed by atoms with Gasteiger partial charge in [-0.3, -0.25) is 0 Å². The van der Waals surface area contributed by atoms with Crippen molar-refractivity contribution >= 4 is 15.8 Å². The average molecular weight is 230 g/mol. The Hall–Kier alpha value is -1.21. The van der Waals surface area contributed by atoms with Crippen LogP contribution in [0, 0.1) is 4.78 Å². The van der Waals surface area contributed by atoms with E-state index >= 15 is 0 Å². The molecule has 0 bridgehead atoms. The largest absolute Gasteiger partial charge is 0.384 e. The molecule has 0 aromatic carbocycles. The first kappa shape index (κ1) is 11.9. The fraction of sp³-hybridized carbons (Fsp3) is 0.500. The highest BCUT2D eigenvalue weighted by Crippen LogP contribution is 2.14. The van der Waals surface area contributed by atoms with Crippen LogP contribution in [0.15, 0.2) is 6.07 Å². The number of hydrogen-bond donors (Lipinski definition) is 3. The Bertz CT molecular complexity index is 456. The summed E-state index contributed by atoms with van der Waals surface area (Å²) in [7, 11) is -3.62. The van der Waals surface area contributed by atoms with Gasteiger partial charge in [0.25, 0.3) is 0 Å². The van der Waals surface area contributed by atoms with Crippen molar-refractivity contribution in [2.75, 3.05) is 5.73 Å². The number of nitrogen functional groups attached to an aromatic ring is 1. The maximum atomic E-state index is 10.9. The van der Waals surface area contributed by atoms with E-state index in [1.807, 2.05) is 13.8 Å². The smallest absolute Gasteiger partial charge is 0.165 e. The second-order valence-electron chi connectivity index (χ2n) is 3.57. The lowest BCUT2D eigenvalue weighted by atomic mass is 10.1. The molecule has 0 aliphatic heterocycles. The third-order valence-electron chi connectivity index (χ3n) is 1.73. The number of hydrogen-bond acceptors (Lipinski definition) is 5. The summed E-state index contributed by atoms with van der Waals surface area (Å²) in [5.41, 5.74) is 6.24. The Morgan fingerprint density at radius 3 is 2.67 bits per heavy atom. The maximum Gasteiger partial charge on any atom is 0.165 e. The lowest BCUT2D eigenvalue weighted by molar-refractivity contribution is 0.545. The first-order valence-electron chi connectivity index (χ1n) is 4.40. The summed E-state index contributed by atoms with van der Waals surface area (Å²) >= 11 is 0. The Morgan fingerprint density at radius 1 is 1.60 bits per heavy atom. The van der Waals surface area contributed by atoms with Crippen LogP contribution in [0.4, 0.5) is 5.82 Å². The summed E-state index contributed by atoms with van der Waals surface area (Å²) in [6, 6.07) is 1.62. The molecule has 15 heavy (non-hydrogen) atoms. The summed E-state index contributed by atoms with van der Waals surface area (Å²) in [5, 5.41) is 0. The maximum absolute atomic E-state index is 10.9. The van der Waals surface area contributed by atoms with Crippen LogP contribution in [0.1, 0.15) is 31.3 Å². The summed E-state index contributed by atoms with van der Waals surface area (Å²) in [6.45, 7) is 3.87. The lowest BCUT2D eigenvalue weighted by Crippen LogP contribution is -2.09. The first-order chi connectivity index (χ1) is 6.78. The molecule has 84 valence electrons. The second-order valence-corrected chi connectivity index (χ2v) is 5.14. The van der Waals surface area contributed by atoms with E-state index < -0.39 is 15.8 Å². The van der Waals surface area contributed by atoms with Gasteiger partial charge in [-0.05, 0) is 5.92 Å². The molecule has 1 aromatic heterocycles. The Labute approximate surface area is 88.7 Å². The minimum atomic E-state index is -3.62. The van der Waals surface area contributed by atoms with Crippen molar-refractivity contribution in [2.24, 2.45) is 0 Å². The molecule has 0 radical (unpaired) electrons. The molecule has 0 amide bonds. The quantitative estimate of drug-likeness (QED) is 0.722.